The second-order valence-corrected chi connectivity index (χ2v) is 7.57. The summed E-state index contributed by atoms with van der Waals surface area (Å²) in [7, 11) is 0. The Morgan fingerprint density at radius 3 is 2.45 bits per heavy atom. The van der Waals surface area contributed by atoms with Crippen molar-refractivity contribution in [3.05, 3.63) is 110 Å². The lowest BCUT2D eigenvalue weighted by Crippen LogP contribution is -2.29. The van der Waals surface area contributed by atoms with E-state index in [0.29, 0.717) is 27.2 Å². The molecule has 1 atom stereocenters. The summed E-state index contributed by atoms with van der Waals surface area (Å²) in [6.45, 7) is 1.99. The molecule has 2 heterocycles. The third-order valence-electron chi connectivity index (χ3n) is 5.26. The summed E-state index contributed by atoms with van der Waals surface area (Å²) in [4.78, 5) is 28.4. The van der Waals surface area contributed by atoms with Crippen LogP contribution in [-0.4, -0.2) is 5.91 Å². The quantitative estimate of drug-likeness (QED) is 0.445. The van der Waals surface area contributed by atoms with E-state index in [4.69, 9.17) is 16.0 Å². The molecule has 0 radical (unpaired) electrons. The molecule has 4 nitrogen and oxygen atoms in total. The number of anilines is 1. The smallest absolute Gasteiger partial charge is 0.295 e. The minimum atomic E-state index is -0.586. The summed E-state index contributed by atoms with van der Waals surface area (Å²) in [6.07, 6.45) is 0. The topological polar surface area (TPSA) is 50.5 Å². The van der Waals surface area contributed by atoms with E-state index in [1.807, 2.05) is 31.2 Å². The van der Waals surface area contributed by atoms with E-state index >= 15 is 0 Å². The fourth-order valence-electron chi connectivity index (χ4n) is 3.88. The van der Waals surface area contributed by atoms with Gasteiger partial charge in [0.25, 0.3) is 5.91 Å². The van der Waals surface area contributed by atoms with Gasteiger partial charge < -0.3 is 4.42 Å². The van der Waals surface area contributed by atoms with Crippen molar-refractivity contribution in [1.82, 2.24) is 0 Å². The Morgan fingerprint density at radius 2 is 1.69 bits per heavy atom. The predicted molar refractivity (Wildman–Crippen MR) is 114 cm³/mol. The number of benzene rings is 3. The first kappa shape index (κ1) is 17.7. The molecule has 0 saturated carbocycles. The molecular formula is C24H16ClNO3. The van der Waals surface area contributed by atoms with E-state index in [0.717, 1.165) is 11.1 Å². The highest BCUT2D eigenvalue weighted by molar-refractivity contribution is 6.31. The molecule has 0 spiro atoms. The molecule has 1 amide bonds. The number of carbonyl (C=O) groups is 1. The maximum Gasteiger partial charge on any atom is 0.295 e. The first-order valence-corrected chi connectivity index (χ1v) is 9.64. The molecule has 1 aromatic heterocycles. The highest BCUT2D eigenvalue weighted by Gasteiger charge is 2.43. The number of amides is 1. The van der Waals surface area contributed by atoms with Crippen LogP contribution in [0.4, 0.5) is 5.69 Å². The molecule has 0 fully saturated rings. The SMILES string of the molecule is Cc1ccc(C2c3c(oc4ccccc4c3=O)C(=O)N2c2cccc(Cl)c2)cc1. The molecular weight excluding hydrogens is 386 g/mol. The Bertz CT molecular complexity index is 1320. The van der Waals surface area contributed by atoms with Crippen molar-refractivity contribution in [2.24, 2.45) is 0 Å². The van der Waals surface area contributed by atoms with E-state index < -0.39 is 6.04 Å². The summed E-state index contributed by atoms with van der Waals surface area (Å²) in [5.74, 6) is -0.269. The monoisotopic (exact) mass is 401 g/mol. The van der Waals surface area contributed by atoms with Crippen LogP contribution < -0.4 is 10.3 Å². The summed E-state index contributed by atoms with van der Waals surface area (Å²) < 4.78 is 5.93. The van der Waals surface area contributed by atoms with Gasteiger partial charge in [0.15, 0.2) is 5.43 Å². The molecule has 1 unspecified atom stereocenters. The van der Waals surface area contributed by atoms with Crippen LogP contribution >= 0.6 is 11.6 Å². The Hall–Kier alpha value is -3.37. The first-order valence-electron chi connectivity index (χ1n) is 9.26. The van der Waals surface area contributed by atoms with Crippen molar-refractivity contribution in [2.45, 2.75) is 13.0 Å². The summed E-state index contributed by atoms with van der Waals surface area (Å²) in [6, 6.07) is 21.3. The Kier molecular flexibility index (Phi) is 4.03. The summed E-state index contributed by atoms with van der Waals surface area (Å²) in [5, 5.41) is 0.975. The van der Waals surface area contributed by atoms with Gasteiger partial charge in [-0.25, -0.2) is 0 Å². The number of nitrogens with zero attached hydrogens (tertiary/aromatic N) is 1. The fourth-order valence-corrected chi connectivity index (χ4v) is 4.06. The average molecular weight is 402 g/mol. The number of halogens is 1. The number of rotatable bonds is 2. The molecule has 0 saturated heterocycles. The van der Waals surface area contributed by atoms with Crippen LogP contribution in [0.2, 0.25) is 5.02 Å². The third kappa shape index (κ3) is 2.76. The number of carbonyl (C=O) groups excluding carboxylic acids is 1. The maximum absolute atomic E-state index is 13.4. The summed E-state index contributed by atoms with van der Waals surface area (Å²) >= 11 is 6.19. The Labute approximate surface area is 172 Å². The second-order valence-electron chi connectivity index (χ2n) is 7.14. The Balaban J connectivity index is 1.82. The maximum atomic E-state index is 13.4. The zero-order valence-corrected chi connectivity index (χ0v) is 16.3. The molecule has 0 aliphatic carbocycles. The molecule has 29 heavy (non-hydrogen) atoms. The molecule has 1 aliphatic rings. The number of hydrogen-bond acceptors (Lipinski definition) is 3. The molecule has 4 aromatic rings. The highest BCUT2D eigenvalue weighted by atomic mass is 35.5. The average Bonchev–Trinajstić information content (AvgIpc) is 3.02. The lowest BCUT2D eigenvalue weighted by molar-refractivity contribution is 0.0971. The number of aryl methyl sites for hydroxylation is 1. The van der Waals surface area contributed by atoms with Crippen LogP contribution in [-0.2, 0) is 0 Å². The van der Waals surface area contributed by atoms with E-state index in [2.05, 4.69) is 0 Å². The van der Waals surface area contributed by atoms with Crippen LogP contribution in [0.25, 0.3) is 11.0 Å². The van der Waals surface area contributed by atoms with Crippen molar-refractivity contribution in [2.75, 3.05) is 4.90 Å². The zero-order valence-electron chi connectivity index (χ0n) is 15.6. The van der Waals surface area contributed by atoms with Gasteiger partial charge in [0, 0.05) is 10.7 Å². The van der Waals surface area contributed by atoms with Gasteiger partial charge in [-0.3, -0.25) is 14.5 Å². The van der Waals surface area contributed by atoms with Gasteiger partial charge in [0.1, 0.15) is 5.58 Å². The van der Waals surface area contributed by atoms with Gasteiger partial charge in [-0.2, -0.15) is 0 Å². The number of para-hydroxylation sites is 1. The molecule has 142 valence electrons. The second kappa shape index (κ2) is 6.61. The van der Waals surface area contributed by atoms with E-state index in [-0.39, 0.29) is 17.1 Å². The minimum Gasteiger partial charge on any atom is -0.450 e. The third-order valence-corrected chi connectivity index (χ3v) is 5.49. The van der Waals surface area contributed by atoms with Crippen molar-refractivity contribution in [3.63, 3.8) is 0 Å². The highest BCUT2D eigenvalue weighted by Crippen LogP contribution is 2.41. The summed E-state index contributed by atoms with van der Waals surface area (Å²) in [5.41, 5.74) is 3.12. The molecule has 1 aliphatic heterocycles. The van der Waals surface area contributed by atoms with Crippen LogP contribution in [0.15, 0.2) is 82.0 Å². The van der Waals surface area contributed by atoms with Gasteiger partial charge in [0.2, 0.25) is 5.76 Å². The molecule has 0 N–H and O–H groups in total. The van der Waals surface area contributed by atoms with Crippen molar-refractivity contribution in [1.29, 1.82) is 0 Å². The van der Waals surface area contributed by atoms with Gasteiger partial charge in [0.05, 0.1) is 17.0 Å². The normalized spacial score (nSPS) is 15.7. The van der Waals surface area contributed by atoms with Crippen molar-refractivity contribution in [3.8, 4) is 0 Å². The number of hydrogen-bond donors (Lipinski definition) is 0. The van der Waals surface area contributed by atoms with Crippen LogP contribution in [0.3, 0.4) is 0 Å². The van der Waals surface area contributed by atoms with Gasteiger partial charge in [-0.1, -0.05) is 59.6 Å². The predicted octanol–water partition coefficient (Wildman–Crippen LogP) is 5.50. The van der Waals surface area contributed by atoms with Gasteiger partial charge in [-0.05, 0) is 42.8 Å². The molecule has 5 rings (SSSR count). The molecule has 5 heteroatoms. The molecule has 3 aromatic carbocycles. The lowest BCUT2D eigenvalue weighted by Gasteiger charge is -2.25. The Morgan fingerprint density at radius 1 is 0.931 bits per heavy atom. The number of fused-ring (bicyclic) bond motifs is 2. The fraction of sp³-hybridized carbons (Fsp3) is 0.0833. The van der Waals surface area contributed by atoms with Crippen LogP contribution in [0.1, 0.15) is 33.3 Å². The standard InChI is InChI=1S/C24H16ClNO3/c1-14-9-11-15(12-10-14)21-20-22(27)18-7-2-3-8-19(18)29-23(20)24(28)26(21)17-6-4-5-16(25)13-17/h2-13,21H,1H3. The van der Waals surface area contributed by atoms with Crippen LogP contribution in [0.5, 0.6) is 0 Å². The van der Waals surface area contributed by atoms with E-state index in [1.54, 1.807) is 53.4 Å². The van der Waals surface area contributed by atoms with E-state index in [9.17, 15) is 9.59 Å². The van der Waals surface area contributed by atoms with Gasteiger partial charge in [-0.15, -0.1) is 0 Å². The van der Waals surface area contributed by atoms with Gasteiger partial charge >= 0.3 is 0 Å². The lowest BCUT2D eigenvalue weighted by atomic mass is 9.97. The minimum absolute atomic E-state index is 0.0826. The van der Waals surface area contributed by atoms with Crippen molar-refractivity contribution >= 4 is 34.2 Å². The largest absolute Gasteiger partial charge is 0.450 e. The van der Waals surface area contributed by atoms with Crippen LogP contribution in [0, 0.1) is 6.92 Å². The first-order chi connectivity index (χ1) is 14.0. The van der Waals surface area contributed by atoms with Crippen molar-refractivity contribution < 1.29 is 9.21 Å². The molecule has 0 bridgehead atoms. The van der Waals surface area contributed by atoms with E-state index in [1.165, 1.54) is 0 Å². The zero-order chi connectivity index (χ0) is 20.1.